The summed E-state index contributed by atoms with van der Waals surface area (Å²) in [7, 11) is 2.32. The monoisotopic (exact) mass is 210 g/mol. The van der Waals surface area contributed by atoms with Gasteiger partial charge in [-0.2, -0.15) is 0 Å². The molecule has 0 spiro atoms. The van der Waals surface area contributed by atoms with Gasteiger partial charge >= 0.3 is 0 Å². The average molecular weight is 210 g/mol. The van der Waals surface area contributed by atoms with Gasteiger partial charge in [0.05, 0.1) is 0 Å². The summed E-state index contributed by atoms with van der Waals surface area (Å²) in [6, 6.07) is 2.49. The van der Waals surface area contributed by atoms with E-state index in [2.05, 4.69) is 31.1 Å². The Kier molecular flexibility index (Phi) is 3.68. The number of nitrogens with one attached hydrogen (secondary N) is 1. The molecule has 2 nitrogen and oxygen atoms in total. The summed E-state index contributed by atoms with van der Waals surface area (Å²) in [6.45, 7) is 5.80. The van der Waals surface area contributed by atoms with E-state index in [1.54, 1.807) is 0 Å². The van der Waals surface area contributed by atoms with Crippen LogP contribution < -0.4 is 5.32 Å². The molecule has 2 fully saturated rings. The van der Waals surface area contributed by atoms with Gasteiger partial charge in [-0.25, -0.2) is 0 Å². The van der Waals surface area contributed by atoms with Gasteiger partial charge in [-0.15, -0.1) is 0 Å². The first kappa shape index (κ1) is 11.4. The maximum absolute atomic E-state index is 3.67. The minimum atomic E-state index is 0.697. The maximum atomic E-state index is 3.67. The molecule has 0 aromatic heterocycles. The molecular weight excluding hydrogens is 184 g/mol. The van der Waals surface area contributed by atoms with Crippen LogP contribution in [0.2, 0.25) is 0 Å². The molecule has 2 aliphatic rings. The predicted molar refractivity (Wildman–Crippen MR) is 65.1 cm³/mol. The molecule has 3 atom stereocenters. The third kappa shape index (κ3) is 2.54. The van der Waals surface area contributed by atoms with Gasteiger partial charge in [-0.3, -0.25) is 0 Å². The first-order chi connectivity index (χ1) is 7.20. The Labute approximate surface area is 94.4 Å². The van der Waals surface area contributed by atoms with Crippen molar-refractivity contribution in [2.45, 2.75) is 64.1 Å². The van der Waals surface area contributed by atoms with Gasteiger partial charge in [0, 0.05) is 18.1 Å². The lowest BCUT2D eigenvalue weighted by Crippen LogP contribution is -2.43. The minimum absolute atomic E-state index is 0.697. The molecule has 0 radical (unpaired) electrons. The van der Waals surface area contributed by atoms with Gasteiger partial charge in [0.1, 0.15) is 0 Å². The largest absolute Gasteiger partial charge is 0.314 e. The molecule has 1 N–H and O–H groups in total. The van der Waals surface area contributed by atoms with Gasteiger partial charge in [0.15, 0.2) is 0 Å². The fraction of sp³-hybridized carbons (Fsp3) is 1.00. The molecule has 2 heterocycles. The van der Waals surface area contributed by atoms with Gasteiger partial charge in [-0.05, 0) is 58.5 Å². The van der Waals surface area contributed by atoms with Crippen LogP contribution in [0.5, 0.6) is 0 Å². The Morgan fingerprint density at radius 2 is 1.87 bits per heavy atom. The molecule has 2 heteroatoms. The van der Waals surface area contributed by atoms with Crippen molar-refractivity contribution in [3.63, 3.8) is 0 Å². The number of fused-ring (bicyclic) bond motifs is 2. The minimum Gasteiger partial charge on any atom is -0.314 e. The van der Waals surface area contributed by atoms with Crippen molar-refractivity contribution < 1.29 is 0 Å². The second-order valence-corrected chi connectivity index (χ2v) is 5.61. The predicted octanol–water partition coefficient (Wildman–Crippen LogP) is 2.25. The van der Waals surface area contributed by atoms with Gasteiger partial charge in [-0.1, -0.05) is 6.92 Å². The van der Waals surface area contributed by atoms with E-state index >= 15 is 0 Å². The van der Waals surface area contributed by atoms with E-state index in [0.29, 0.717) is 6.04 Å². The summed E-state index contributed by atoms with van der Waals surface area (Å²) in [5, 5.41) is 3.67. The Balaban J connectivity index is 1.77. The molecule has 2 saturated heterocycles. The standard InChI is InChI=1S/C13H26N2/c1-4-10(2)14-9-11-7-12-5-6-13(8-11)15(12)3/h10-14H,4-9H2,1-3H3. The van der Waals surface area contributed by atoms with Crippen molar-refractivity contribution in [3.8, 4) is 0 Å². The molecule has 0 amide bonds. The van der Waals surface area contributed by atoms with E-state index in [1.807, 2.05) is 0 Å². The Morgan fingerprint density at radius 3 is 2.40 bits per heavy atom. The lowest BCUT2D eigenvalue weighted by molar-refractivity contribution is 0.131. The smallest absolute Gasteiger partial charge is 0.00988 e. The van der Waals surface area contributed by atoms with Crippen LogP contribution in [0.25, 0.3) is 0 Å². The Morgan fingerprint density at radius 1 is 1.27 bits per heavy atom. The maximum Gasteiger partial charge on any atom is 0.00988 e. The summed E-state index contributed by atoms with van der Waals surface area (Å²) in [6.07, 6.45) is 6.99. The average Bonchev–Trinajstić information content (AvgIpc) is 2.50. The highest BCUT2D eigenvalue weighted by Crippen LogP contribution is 2.36. The number of nitrogens with zero attached hydrogens (tertiary/aromatic N) is 1. The first-order valence-corrected chi connectivity index (χ1v) is 6.66. The second-order valence-electron chi connectivity index (χ2n) is 5.61. The van der Waals surface area contributed by atoms with Crippen LogP contribution in [0, 0.1) is 5.92 Å². The van der Waals surface area contributed by atoms with Crippen LogP contribution >= 0.6 is 0 Å². The number of hydrogen-bond acceptors (Lipinski definition) is 2. The third-order valence-electron chi connectivity index (χ3n) is 4.56. The molecular formula is C13H26N2. The van der Waals surface area contributed by atoms with Crippen molar-refractivity contribution in [1.29, 1.82) is 0 Å². The summed E-state index contributed by atoms with van der Waals surface area (Å²) >= 11 is 0. The summed E-state index contributed by atoms with van der Waals surface area (Å²) < 4.78 is 0. The van der Waals surface area contributed by atoms with Crippen molar-refractivity contribution >= 4 is 0 Å². The Bertz CT molecular complexity index is 191. The fourth-order valence-electron chi connectivity index (χ4n) is 3.20. The zero-order valence-electron chi connectivity index (χ0n) is 10.5. The zero-order chi connectivity index (χ0) is 10.8. The van der Waals surface area contributed by atoms with Crippen molar-refractivity contribution in [2.24, 2.45) is 5.92 Å². The quantitative estimate of drug-likeness (QED) is 0.765. The van der Waals surface area contributed by atoms with Gasteiger partial charge in [0.25, 0.3) is 0 Å². The molecule has 88 valence electrons. The van der Waals surface area contributed by atoms with Crippen molar-refractivity contribution in [1.82, 2.24) is 10.2 Å². The van der Waals surface area contributed by atoms with Crippen molar-refractivity contribution in [3.05, 3.63) is 0 Å². The topological polar surface area (TPSA) is 15.3 Å². The van der Waals surface area contributed by atoms with Gasteiger partial charge < -0.3 is 10.2 Å². The van der Waals surface area contributed by atoms with Crippen LogP contribution in [-0.2, 0) is 0 Å². The zero-order valence-corrected chi connectivity index (χ0v) is 10.5. The van der Waals surface area contributed by atoms with Crippen LogP contribution in [0.3, 0.4) is 0 Å². The summed E-state index contributed by atoms with van der Waals surface area (Å²) in [5.74, 6) is 0.938. The lowest BCUT2D eigenvalue weighted by atomic mass is 9.91. The normalized spacial score (nSPS) is 38.2. The molecule has 2 rings (SSSR count). The fourth-order valence-corrected chi connectivity index (χ4v) is 3.20. The molecule has 3 unspecified atom stereocenters. The number of hydrogen-bond donors (Lipinski definition) is 1. The third-order valence-corrected chi connectivity index (χ3v) is 4.56. The Hall–Kier alpha value is -0.0800. The first-order valence-electron chi connectivity index (χ1n) is 6.66. The van der Waals surface area contributed by atoms with E-state index in [4.69, 9.17) is 0 Å². The molecule has 2 aliphatic heterocycles. The molecule has 0 aromatic carbocycles. The molecule has 0 aliphatic carbocycles. The SMILES string of the molecule is CCC(C)NCC1CC2CCC(C1)N2C. The van der Waals surface area contributed by atoms with Crippen LogP contribution in [0.4, 0.5) is 0 Å². The van der Waals surface area contributed by atoms with E-state index in [1.165, 1.54) is 38.6 Å². The molecule has 0 saturated carbocycles. The number of piperidine rings is 1. The van der Waals surface area contributed by atoms with E-state index in [-0.39, 0.29) is 0 Å². The van der Waals surface area contributed by atoms with Crippen LogP contribution in [0.1, 0.15) is 46.0 Å². The molecule has 0 aromatic rings. The van der Waals surface area contributed by atoms with Gasteiger partial charge in [0.2, 0.25) is 0 Å². The second kappa shape index (κ2) is 4.84. The van der Waals surface area contributed by atoms with Crippen molar-refractivity contribution in [2.75, 3.05) is 13.6 Å². The lowest BCUT2D eigenvalue weighted by Gasteiger charge is -2.36. The highest BCUT2D eigenvalue weighted by Gasteiger charge is 2.37. The van der Waals surface area contributed by atoms with E-state index in [9.17, 15) is 0 Å². The van der Waals surface area contributed by atoms with E-state index < -0.39 is 0 Å². The molecule has 15 heavy (non-hydrogen) atoms. The number of rotatable bonds is 4. The highest BCUT2D eigenvalue weighted by atomic mass is 15.2. The summed E-state index contributed by atoms with van der Waals surface area (Å²) in [4.78, 5) is 2.62. The highest BCUT2D eigenvalue weighted by molar-refractivity contribution is 4.93. The van der Waals surface area contributed by atoms with Crippen LogP contribution in [-0.4, -0.2) is 36.6 Å². The molecule has 2 bridgehead atoms. The van der Waals surface area contributed by atoms with Crippen LogP contribution in [0.15, 0.2) is 0 Å². The summed E-state index contributed by atoms with van der Waals surface area (Å²) in [5.41, 5.74) is 0. The van der Waals surface area contributed by atoms with E-state index in [0.717, 1.165) is 18.0 Å².